The van der Waals surface area contributed by atoms with Gasteiger partial charge in [-0.25, -0.2) is 9.48 Å². The van der Waals surface area contributed by atoms with Crippen molar-refractivity contribution in [3.05, 3.63) is 76.6 Å². The molecule has 2 aromatic carbocycles. The minimum absolute atomic E-state index is 0.151. The molecule has 3 rings (SSSR count). The normalized spacial score (nSPS) is 13.4. The Morgan fingerprint density at radius 2 is 1.85 bits per heavy atom. The van der Waals surface area contributed by atoms with Crippen molar-refractivity contribution in [1.29, 1.82) is 0 Å². The summed E-state index contributed by atoms with van der Waals surface area (Å²) in [6, 6.07) is 16.1. The molecule has 2 atom stereocenters. The van der Waals surface area contributed by atoms with Crippen LogP contribution in [0.3, 0.4) is 0 Å². The van der Waals surface area contributed by atoms with Crippen molar-refractivity contribution in [3.8, 4) is 5.69 Å². The monoisotopic (exact) mass is 470 g/mol. The molecule has 4 N–H and O–H groups in total. The molecule has 3 aromatic rings. The largest absolute Gasteiger partial charge is 0.396 e. The molecule has 0 radical (unpaired) electrons. The topological polar surface area (TPSA) is 99.4 Å². The molecule has 176 valence electrons. The third-order valence-corrected chi connectivity index (χ3v) is 5.65. The molecule has 0 aliphatic carbocycles. The van der Waals surface area contributed by atoms with Crippen LogP contribution < -0.4 is 10.6 Å². The van der Waals surface area contributed by atoms with Gasteiger partial charge in [-0.1, -0.05) is 50.6 Å². The highest BCUT2D eigenvalue weighted by Crippen LogP contribution is 2.25. The number of amides is 2. The highest BCUT2D eigenvalue weighted by molar-refractivity contribution is 6.30. The van der Waals surface area contributed by atoms with E-state index < -0.39 is 6.10 Å². The molecular weight excluding hydrogens is 440 g/mol. The summed E-state index contributed by atoms with van der Waals surface area (Å²) in [7, 11) is 0. The van der Waals surface area contributed by atoms with Crippen LogP contribution in [0.15, 0.2) is 54.6 Å². The van der Waals surface area contributed by atoms with Crippen LogP contribution in [0.25, 0.3) is 5.69 Å². The summed E-state index contributed by atoms with van der Waals surface area (Å²) < 4.78 is 1.80. The number of halogens is 1. The Morgan fingerprint density at radius 1 is 1.15 bits per heavy atom. The van der Waals surface area contributed by atoms with Crippen molar-refractivity contribution >= 4 is 23.3 Å². The Morgan fingerprint density at radius 3 is 2.42 bits per heavy atom. The van der Waals surface area contributed by atoms with E-state index in [0.29, 0.717) is 10.7 Å². The number of rotatable bonds is 7. The molecule has 1 heterocycles. The summed E-state index contributed by atoms with van der Waals surface area (Å²) in [4.78, 5) is 12.5. The first-order valence-corrected chi connectivity index (χ1v) is 11.3. The molecule has 0 aliphatic heterocycles. The Balaban J connectivity index is 1.71. The first kappa shape index (κ1) is 24.8. The average molecular weight is 471 g/mol. The molecule has 0 bridgehead atoms. The van der Waals surface area contributed by atoms with E-state index in [2.05, 4.69) is 31.4 Å². The fraction of sp³-hybridized carbons (Fsp3) is 0.360. The van der Waals surface area contributed by atoms with Crippen molar-refractivity contribution < 1.29 is 15.0 Å². The van der Waals surface area contributed by atoms with Gasteiger partial charge in [-0.3, -0.25) is 0 Å². The number of nitrogens with one attached hydrogen (secondary N) is 2. The van der Waals surface area contributed by atoms with Gasteiger partial charge in [-0.05, 0) is 48.9 Å². The minimum atomic E-state index is -0.667. The molecule has 8 heteroatoms. The predicted molar refractivity (Wildman–Crippen MR) is 131 cm³/mol. The number of nitrogens with zero attached hydrogens (tertiary/aromatic N) is 2. The third kappa shape index (κ3) is 6.35. The van der Waals surface area contributed by atoms with Crippen LogP contribution in [0.2, 0.25) is 5.02 Å². The summed E-state index contributed by atoms with van der Waals surface area (Å²) in [5, 5.41) is 30.3. The van der Waals surface area contributed by atoms with Crippen molar-refractivity contribution in [2.75, 3.05) is 11.9 Å². The van der Waals surface area contributed by atoms with Crippen LogP contribution in [0.5, 0.6) is 0 Å². The molecule has 1 aromatic heterocycles. The van der Waals surface area contributed by atoms with Crippen molar-refractivity contribution in [2.24, 2.45) is 0 Å². The molecule has 2 unspecified atom stereocenters. The number of hydrogen-bond acceptors (Lipinski definition) is 4. The number of anilines is 1. The number of aliphatic hydroxyl groups excluding tert-OH is 2. The van der Waals surface area contributed by atoms with Crippen LogP contribution in [0.4, 0.5) is 10.5 Å². The molecule has 2 amide bonds. The third-order valence-electron chi connectivity index (χ3n) is 5.41. The van der Waals surface area contributed by atoms with Gasteiger partial charge in [0.15, 0.2) is 0 Å². The second-order valence-corrected chi connectivity index (χ2v) is 9.56. The van der Waals surface area contributed by atoms with Crippen LogP contribution in [0, 0.1) is 0 Å². The summed E-state index contributed by atoms with van der Waals surface area (Å²) >= 11 is 6.17. The highest BCUT2D eigenvalue weighted by Gasteiger charge is 2.21. The van der Waals surface area contributed by atoms with Crippen LogP contribution in [-0.2, 0) is 12.0 Å². The Labute approximate surface area is 199 Å². The maximum absolute atomic E-state index is 12.5. The summed E-state index contributed by atoms with van der Waals surface area (Å²) in [6.07, 6.45) is -0.667. The fourth-order valence-corrected chi connectivity index (χ4v) is 3.62. The predicted octanol–water partition coefficient (Wildman–Crippen LogP) is 4.60. The highest BCUT2D eigenvalue weighted by atomic mass is 35.5. The fourth-order valence-electron chi connectivity index (χ4n) is 3.44. The first-order valence-electron chi connectivity index (χ1n) is 10.9. The summed E-state index contributed by atoms with van der Waals surface area (Å²) in [6.45, 7) is 8.02. The molecule has 33 heavy (non-hydrogen) atoms. The Hall–Kier alpha value is -2.87. The van der Waals surface area contributed by atoms with Crippen molar-refractivity contribution in [2.45, 2.75) is 51.7 Å². The lowest BCUT2D eigenvalue weighted by Crippen LogP contribution is -2.29. The second-order valence-electron chi connectivity index (χ2n) is 9.12. The molecular formula is C25H31ClN4O3. The van der Waals surface area contributed by atoms with Crippen LogP contribution >= 0.6 is 11.6 Å². The second kappa shape index (κ2) is 10.4. The van der Waals surface area contributed by atoms with E-state index in [-0.39, 0.29) is 30.5 Å². The standard InChI is InChI=1S/C25H31ClN4O3/c1-16(32)22(15-31)17-8-10-19(11-9-17)28-24(33)27-14-21-13-23(25(2,3)4)29-30(21)20-7-5-6-18(26)12-20/h5-13,16,22,31-32H,14-15H2,1-4H3,(H2,27,28,33). The molecule has 0 saturated heterocycles. The van der Waals surface area contributed by atoms with E-state index in [1.807, 2.05) is 24.3 Å². The zero-order valence-corrected chi connectivity index (χ0v) is 20.1. The number of benzene rings is 2. The van der Waals surface area contributed by atoms with Crippen molar-refractivity contribution in [1.82, 2.24) is 15.1 Å². The zero-order valence-electron chi connectivity index (χ0n) is 19.3. The van der Waals surface area contributed by atoms with Gasteiger partial charge >= 0.3 is 6.03 Å². The lowest BCUT2D eigenvalue weighted by Gasteiger charge is -2.18. The van der Waals surface area contributed by atoms with E-state index in [1.54, 1.807) is 41.9 Å². The van der Waals surface area contributed by atoms with Gasteiger partial charge in [0.05, 0.1) is 36.3 Å². The number of carbonyl (C=O) groups excluding carboxylic acids is 1. The maximum Gasteiger partial charge on any atom is 0.319 e. The lowest BCUT2D eigenvalue weighted by molar-refractivity contribution is 0.121. The summed E-state index contributed by atoms with van der Waals surface area (Å²) in [5.41, 5.74) is 3.82. The smallest absolute Gasteiger partial charge is 0.319 e. The summed E-state index contributed by atoms with van der Waals surface area (Å²) in [5.74, 6) is -0.364. The average Bonchev–Trinajstić information content (AvgIpc) is 3.19. The van der Waals surface area contributed by atoms with E-state index in [9.17, 15) is 15.0 Å². The molecule has 0 aliphatic rings. The zero-order chi connectivity index (χ0) is 24.2. The number of hydrogen-bond donors (Lipinski definition) is 4. The van der Waals surface area contributed by atoms with Gasteiger partial charge < -0.3 is 20.8 Å². The van der Waals surface area contributed by atoms with Gasteiger partial charge in [0.25, 0.3) is 0 Å². The number of carbonyl (C=O) groups is 1. The molecule has 0 fully saturated rings. The van der Waals surface area contributed by atoms with E-state index >= 15 is 0 Å². The Bertz CT molecular complexity index is 1090. The van der Waals surface area contributed by atoms with Crippen LogP contribution in [-0.4, -0.2) is 38.7 Å². The molecule has 7 nitrogen and oxygen atoms in total. The number of aromatic nitrogens is 2. The lowest BCUT2D eigenvalue weighted by atomic mass is 9.92. The van der Waals surface area contributed by atoms with Gasteiger partial charge in [0.2, 0.25) is 0 Å². The van der Waals surface area contributed by atoms with E-state index in [4.69, 9.17) is 16.7 Å². The van der Waals surface area contributed by atoms with E-state index in [0.717, 1.165) is 22.6 Å². The maximum atomic E-state index is 12.5. The molecule has 0 saturated carbocycles. The van der Waals surface area contributed by atoms with E-state index in [1.165, 1.54) is 0 Å². The molecule has 0 spiro atoms. The Kier molecular flexibility index (Phi) is 7.79. The first-order chi connectivity index (χ1) is 15.6. The van der Waals surface area contributed by atoms with Gasteiger partial charge in [-0.2, -0.15) is 5.10 Å². The van der Waals surface area contributed by atoms with Crippen molar-refractivity contribution in [3.63, 3.8) is 0 Å². The number of aliphatic hydroxyl groups is 2. The minimum Gasteiger partial charge on any atom is -0.396 e. The SMILES string of the molecule is CC(O)C(CO)c1ccc(NC(=O)NCc2cc(C(C)(C)C)nn2-c2cccc(Cl)c2)cc1. The number of urea groups is 1. The van der Waals surface area contributed by atoms with Crippen LogP contribution in [0.1, 0.15) is 50.6 Å². The van der Waals surface area contributed by atoms with Gasteiger partial charge in [0, 0.05) is 22.0 Å². The quantitative estimate of drug-likeness (QED) is 0.405. The van der Waals surface area contributed by atoms with Gasteiger partial charge in [0.1, 0.15) is 0 Å². The van der Waals surface area contributed by atoms with Gasteiger partial charge in [-0.15, -0.1) is 0 Å².